The van der Waals surface area contributed by atoms with E-state index >= 15 is 0 Å². The summed E-state index contributed by atoms with van der Waals surface area (Å²) in [6, 6.07) is 11.6. The standard InChI is InChI=1S/C19H13N3O2S/c20-10-14(9-15-2-1-7-24-15)19-22-17(11-25-19)13-3-5-16-12(8-13)4-6-18(23)21-16/h1-3,5,7-9,11H,4,6H2,(H,21,23). The monoisotopic (exact) mass is 347 g/mol. The van der Waals surface area contributed by atoms with E-state index in [1.54, 1.807) is 24.5 Å². The Hall–Kier alpha value is -3.17. The van der Waals surface area contributed by atoms with Gasteiger partial charge < -0.3 is 9.73 Å². The summed E-state index contributed by atoms with van der Waals surface area (Å²) >= 11 is 1.42. The molecule has 1 aromatic carbocycles. The largest absolute Gasteiger partial charge is 0.465 e. The van der Waals surface area contributed by atoms with Crippen molar-refractivity contribution in [2.75, 3.05) is 5.32 Å². The van der Waals surface area contributed by atoms with Gasteiger partial charge in [0.1, 0.15) is 16.8 Å². The Kier molecular flexibility index (Phi) is 3.92. The maximum absolute atomic E-state index is 11.5. The van der Waals surface area contributed by atoms with Crippen molar-refractivity contribution in [3.63, 3.8) is 0 Å². The van der Waals surface area contributed by atoms with E-state index in [-0.39, 0.29) is 5.91 Å². The molecule has 1 amide bonds. The smallest absolute Gasteiger partial charge is 0.224 e. The molecule has 1 N–H and O–H groups in total. The molecule has 0 atom stereocenters. The third-order valence-corrected chi connectivity index (χ3v) is 4.86. The van der Waals surface area contributed by atoms with Crippen LogP contribution in [0.1, 0.15) is 22.8 Å². The van der Waals surface area contributed by atoms with Gasteiger partial charge in [-0.2, -0.15) is 5.26 Å². The van der Waals surface area contributed by atoms with Crippen molar-refractivity contribution >= 4 is 34.6 Å². The van der Waals surface area contributed by atoms with Gasteiger partial charge in [0.25, 0.3) is 0 Å². The molecule has 0 spiro atoms. The van der Waals surface area contributed by atoms with Crippen LogP contribution in [-0.2, 0) is 11.2 Å². The SMILES string of the molecule is N#CC(=Cc1ccco1)c1nc(-c2ccc3c(c2)CCC(=O)N3)cs1. The molecule has 4 rings (SSSR count). The minimum Gasteiger partial charge on any atom is -0.465 e. The zero-order valence-electron chi connectivity index (χ0n) is 13.2. The van der Waals surface area contributed by atoms with Crippen molar-refractivity contribution in [3.8, 4) is 17.3 Å². The second kappa shape index (κ2) is 6.38. The number of allylic oxidation sites excluding steroid dienone is 1. The van der Waals surface area contributed by atoms with E-state index in [1.165, 1.54) is 11.3 Å². The van der Waals surface area contributed by atoms with Gasteiger partial charge in [0.05, 0.1) is 17.5 Å². The number of rotatable bonds is 3. The van der Waals surface area contributed by atoms with Crippen LogP contribution in [0.3, 0.4) is 0 Å². The summed E-state index contributed by atoms with van der Waals surface area (Å²) in [5.74, 6) is 0.677. The number of furan rings is 1. The van der Waals surface area contributed by atoms with Crippen molar-refractivity contribution < 1.29 is 9.21 Å². The molecule has 0 bridgehead atoms. The zero-order chi connectivity index (χ0) is 17.2. The van der Waals surface area contributed by atoms with Crippen molar-refractivity contribution in [1.82, 2.24) is 4.98 Å². The lowest BCUT2D eigenvalue weighted by atomic mass is 9.99. The number of benzene rings is 1. The molecule has 0 aliphatic carbocycles. The number of carbonyl (C=O) groups is 1. The first-order valence-electron chi connectivity index (χ1n) is 7.77. The number of carbonyl (C=O) groups excluding carboxylic acids is 1. The minimum atomic E-state index is 0.0536. The van der Waals surface area contributed by atoms with Gasteiger partial charge in [-0.05, 0) is 36.2 Å². The fourth-order valence-corrected chi connectivity index (χ4v) is 3.52. The molecule has 0 fully saturated rings. The quantitative estimate of drug-likeness (QED) is 0.714. The second-order valence-corrected chi connectivity index (χ2v) is 6.50. The number of thiazole rings is 1. The van der Waals surface area contributed by atoms with Crippen LogP contribution >= 0.6 is 11.3 Å². The summed E-state index contributed by atoms with van der Waals surface area (Å²) < 4.78 is 5.26. The summed E-state index contributed by atoms with van der Waals surface area (Å²) in [5, 5.41) is 14.9. The van der Waals surface area contributed by atoms with Crippen LogP contribution in [-0.4, -0.2) is 10.9 Å². The Morgan fingerprint density at radius 3 is 3.08 bits per heavy atom. The van der Waals surface area contributed by atoms with Gasteiger partial charge >= 0.3 is 0 Å². The van der Waals surface area contributed by atoms with Crippen LogP contribution in [0.15, 0.2) is 46.4 Å². The van der Waals surface area contributed by atoms with Crippen LogP contribution in [0, 0.1) is 11.3 Å². The summed E-state index contributed by atoms with van der Waals surface area (Å²) in [7, 11) is 0. The number of hydrogen-bond donors (Lipinski definition) is 1. The van der Waals surface area contributed by atoms with Gasteiger partial charge in [-0.1, -0.05) is 6.07 Å². The van der Waals surface area contributed by atoms with E-state index in [2.05, 4.69) is 22.4 Å². The number of anilines is 1. The van der Waals surface area contributed by atoms with E-state index in [9.17, 15) is 10.1 Å². The molecule has 0 radical (unpaired) electrons. The molecule has 3 heterocycles. The van der Waals surface area contributed by atoms with E-state index in [1.807, 2.05) is 17.5 Å². The molecule has 3 aromatic rings. The van der Waals surface area contributed by atoms with E-state index in [0.29, 0.717) is 22.8 Å². The van der Waals surface area contributed by atoms with Crippen molar-refractivity contribution in [3.05, 3.63) is 58.3 Å². The summed E-state index contributed by atoms with van der Waals surface area (Å²) in [6.07, 6.45) is 4.49. The molecule has 1 aliphatic heterocycles. The highest BCUT2D eigenvalue weighted by Crippen LogP contribution is 2.31. The normalized spacial score (nSPS) is 13.9. The Morgan fingerprint density at radius 2 is 2.28 bits per heavy atom. The number of amides is 1. The molecule has 1 aliphatic rings. The van der Waals surface area contributed by atoms with Gasteiger partial charge in [0, 0.05) is 29.1 Å². The molecule has 25 heavy (non-hydrogen) atoms. The Labute approximate surface area is 148 Å². The zero-order valence-corrected chi connectivity index (χ0v) is 14.0. The molecule has 0 saturated carbocycles. The molecule has 6 heteroatoms. The second-order valence-electron chi connectivity index (χ2n) is 5.64. The number of nitrogens with zero attached hydrogens (tertiary/aromatic N) is 2. The average molecular weight is 347 g/mol. The van der Waals surface area contributed by atoms with Crippen LogP contribution in [0.2, 0.25) is 0 Å². The molecule has 0 unspecified atom stereocenters. The van der Waals surface area contributed by atoms with Crippen LogP contribution in [0.4, 0.5) is 5.69 Å². The Morgan fingerprint density at radius 1 is 1.36 bits per heavy atom. The average Bonchev–Trinajstić information content (AvgIpc) is 3.31. The first-order chi connectivity index (χ1) is 12.2. The lowest BCUT2D eigenvalue weighted by Crippen LogP contribution is -2.18. The van der Waals surface area contributed by atoms with Crippen molar-refractivity contribution in [2.45, 2.75) is 12.8 Å². The first kappa shape index (κ1) is 15.4. The van der Waals surface area contributed by atoms with Gasteiger partial charge in [0.15, 0.2) is 0 Å². The predicted octanol–water partition coefficient (Wildman–Crippen LogP) is 4.35. The molecular weight excluding hydrogens is 334 g/mol. The fraction of sp³-hybridized carbons (Fsp3) is 0.105. The van der Waals surface area contributed by atoms with Crippen molar-refractivity contribution in [2.24, 2.45) is 0 Å². The molecular formula is C19H13N3O2S. The summed E-state index contributed by atoms with van der Waals surface area (Å²) in [6.45, 7) is 0. The van der Waals surface area contributed by atoms with Gasteiger partial charge in [-0.3, -0.25) is 4.79 Å². The lowest BCUT2D eigenvalue weighted by Gasteiger charge is -2.17. The number of nitriles is 1. The van der Waals surface area contributed by atoms with Gasteiger partial charge in [0.2, 0.25) is 5.91 Å². The van der Waals surface area contributed by atoms with Gasteiger partial charge in [-0.15, -0.1) is 11.3 Å². The van der Waals surface area contributed by atoms with E-state index in [0.717, 1.165) is 28.9 Å². The number of hydrogen-bond acceptors (Lipinski definition) is 5. The van der Waals surface area contributed by atoms with E-state index < -0.39 is 0 Å². The first-order valence-corrected chi connectivity index (χ1v) is 8.65. The molecule has 5 nitrogen and oxygen atoms in total. The molecule has 0 saturated heterocycles. The third-order valence-electron chi connectivity index (χ3n) is 3.98. The molecule has 122 valence electrons. The maximum atomic E-state index is 11.5. The Balaban J connectivity index is 1.65. The fourth-order valence-electron chi connectivity index (χ4n) is 2.73. The Bertz CT molecular complexity index is 1010. The van der Waals surface area contributed by atoms with Crippen molar-refractivity contribution in [1.29, 1.82) is 5.26 Å². The summed E-state index contributed by atoms with van der Waals surface area (Å²) in [5.41, 5.74) is 4.24. The van der Waals surface area contributed by atoms with Gasteiger partial charge in [-0.25, -0.2) is 4.98 Å². The van der Waals surface area contributed by atoms with Crippen LogP contribution < -0.4 is 5.32 Å². The summed E-state index contributed by atoms with van der Waals surface area (Å²) in [4.78, 5) is 16.1. The van der Waals surface area contributed by atoms with Crippen LogP contribution in [0.25, 0.3) is 22.9 Å². The highest BCUT2D eigenvalue weighted by atomic mass is 32.1. The maximum Gasteiger partial charge on any atom is 0.224 e. The number of fused-ring (bicyclic) bond motifs is 1. The predicted molar refractivity (Wildman–Crippen MR) is 96.7 cm³/mol. The number of aryl methyl sites for hydroxylation is 1. The minimum absolute atomic E-state index is 0.0536. The lowest BCUT2D eigenvalue weighted by molar-refractivity contribution is -0.116. The van der Waals surface area contributed by atoms with E-state index in [4.69, 9.17) is 4.42 Å². The number of nitrogens with one attached hydrogen (secondary N) is 1. The topological polar surface area (TPSA) is 78.9 Å². The third kappa shape index (κ3) is 3.10. The highest BCUT2D eigenvalue weighted by molar-refractivity contribution is 7.11. The number of aromatic nitrogens is 1. The molecule has 2 aromatic heterocycles. The van der Waals surface area contributed by atoms with Crippen LogP contribution in [0.5, 0.6) is 0 Å². The highest BCUT2D eigenvalue weighted by Gasteiger charge is 2.16.